The summed E-state index contributed by atoms with van der Waals surface area (Å²) in [6.07, 6.45) is 8.26. The molecular weight excluding hydrogens is 228 g/mol. The summed E-state index contributed by atoms with van der Waals surface area (Å²) in [5.74, 6) is 0.157. The summed E-state index contributed by atoms with van der Waals surface area (Å²) in [4.78, 5) is 10.3. The van der Waals surface area contributed by atoms with Crippen molar-refractivity contribution in [2.24, 2.45) is 0 Å². The van der Waals surface area contributed by atoms with Crippen molar-refractivity contribution < 1.29 is 14.6 Å². The molecule has 0 atom stereocenters. The predicted molar refractivity (Wildman–Crippen MR) is 72.7 cm³/mol. The van der Waals surface area contributed by atoms with E-state index in [1.54, 1.807) is 7.11 Å². The highest BCUT2D eigenvalue weighted by molar-refractivity contribution is 5.66. The average Bonchev–Trinajstić information content (AvgIpc) is 2.38. The van der Waals surface area contributed by atoms with Crippen molar-refractivity contribution in [1.29, 1.82) is 0 Å². The van der Waals surface area contributed by atoms with Crippen LogP contribution in [-0.4, -0.2) is 18.2 Å². The van der Waals surface area contributed by atoms with Crippen LogP contribution in [-0.2, 0) is 4.79 Å². The molecule has 0 bridgehead atoms. The van der Waals surface area contributed by atoms with Gasteiger partial charge in [-0.25, -0.2) is 0 Å². The quantitative estimate of drug-likeness (QED) is 0.713. The number of rotatable bonds is 8. The lowest BCUT2D eigenvalue weighted by atomic mass is 10.1. The van der Waals surface area contributed by atoms with E-state index in [0.29, 0.717) is 0 Å². The molecule has 0 aliphatic heterocycles. The van der Waals surface area contributed by atoms with Gasteiger partial charge in [-0.15, -0.1) is 0 Å². The molecule has 1 N–H and O–H groups in total. The minimum Gasteiger partial charge on any atom is -0.497 e. The van der Waals surface area contributed by atoms with Crippen LogP contribution in [0.25, 0.3) is 6.08 Å². The topological polar surface area (TPSA) is 46.5 Å². The highest BCUT2D eigenvalue weighted by Crippen LogP contribution is 2.13. The molecular formula is C15H20O3. The first kappa shape index (κ1) is 14.3. The molecule has 0 spiro atoms. The summed E-state index contributed by atoms with van der Waals surface area (Å²) in [7, 11) is 1.65. The van der Waals surface area contributed by atoms with Gasteiger partial charge in [0.05, 0.1) is 7.11 Å². The molecule has 0 radical (unpaired) electrons. The summed E-state index contributed by atoms with van der Waals surface area (Å²) in [5.41, 5.74) is 1.15. The van der Waals surface area contributed by atoms with Crippen LogP contribution in [0.15, 0.2) is 30.3 Å². The lowest BCUT2D eigenvalue weighted by Crippen LogP contribution is -1.93. The molecule has 0 saturated carbocycles. The molecule has 0 aliphatic carbocycles. The fraction of sp³-hybridized carbons (Fsp3) is 0.400. The predicted octanol–water partition coefficient (Wildman–Crippen LogP) is 3.74. The second-order valence-corrected chi connectivity index (χ2v) is 4.17. The number of methoxy groups -OCH3 is 1. The van der Waals surface area contributed by atoms with Crippen LogP contribution in [0.4, 0.5) is 0 Å². The Kier molecular flexibility index (Phi) is 6.62. The summed E-state index contributed by atoms with van der Waals surface area (Å²) >= 11 is 0. The van der Waals surface area contributed by atoms with Crippen LogP contribution in [0, 0.1) is 0 Å². The van der Waals surface area contributed by atoms with Gasteiger partial charge in [-0.1, -0.05) is 30.7 Å². The molecule has 1 rings (SSSR count). The van der Waals surface area contributed by atoms with Gasteiger partial charge in [0.25, 0.3) is 0 Å². The maximum Gasteiger partial charge on any atom is 0.303 e. The molecule has 1 aromatic rings. The van der Waals surface area contributed by atoms with Crippen molar-refractivity contribution in [3.8, 4) is 5.75 Å². The van der Waals surface area contributed by atoms with Crippen LogP contribution < -0.4 is 4.74 Å². The molecule has 0 aromatic heterocycles. The number of aliphatic carboxylic acids is 1. The van der Waals surface area contributed by atoms with Gasteiger partial charge in [0.2, 0.25) is 0 Å². The number of allylic oxidation sites excluding steroid dienone is 1. The Hall–Kier alpha value is -1.77. The summed E-state index contributed by atoms with van der Waals surface area (Å²) < 4.78 is 5.09. The van der Waals surface area contributed by atoms with Gasteiger partial charge in [-0.05, 0) is 37.0 Å². The Balaban J connectivity index is 2.17. The van der Waals surface area contributed by atoms with Crippen molar-refractivity contribution in [1.82, 2.24) is 0 Å². The van der Waals surface area contributed by atoms with E-state index in [2.05, 4.69) is 12.2 Å². The van der Waals surface area contributed by atoms with Crippen molar-refractivity contribution in [3.63, 3.8) is 0 Å². The van der Waals surface area contributed by atoms with Gasteiger partial charge in [0, 0.05) is 6.42 Å². The maximum atomic E-state index is 10.3. The first-order valence-corrected chi connectivity index (χ1v) is 6.25. The standard InChI is InChI=1S/C15H20O3/c1-18-14-11-9-13(10-12-14)7-5-3-2-4-6-8-15(16)17/h5,7,9-12H,2-4,6,8H2,1H3,(H,16,17)/b7-5+. The van der Waals surface area contributed by atoms with Gasteiger partial charge < -0.3 is 9.84 Å². The Morgan fingerprint density at radius 3 is 2.56 bits per heavy atom. The Bertz CT molecular complexity index is 379. The SMILES string of the molecule is COc1ccc(/C=C/CCCCCC(=O)O)cc1. The second-order valence-electron chi connectivity index (χ2n) is 4.17. The molecule has 0 saturated heterocycles. The van der Waals surface area contributed by atoms with E-state index < -0.39 is 5.97 Å². The molecule has 0 unspecified atom stereocenters. The molecule has 1 aromatic carbocycles. The molecule has 98 valence electrons. The van der Waals surface area contributed by atoms with Crippen LogP contribution in [0.3, 0.4) is 0 Å². The molecule has 3 heteroatoms. The molecule has 3 nitrogen and oxygen atoms in total. The van der Waals surface area contributed by atoms with Crippen LogP contribution in [0.5, 0.6) is 5.75 Å². The lowest BCUT2D eigenvalue weighted by molar-refractivity contribution is -0.137. The highest BCUT2D eigenvalue weighted by Gasteiger charge is 1.95. The lowest BCUT2D eigenvalue weighted by Gasteiger charge is -1.99. The monoisotopic (exact) mass is 248 g/mol. The molecule has 0 heterocycles. The zero-order valence-electron chi connectivity index (χ0n) is 10.8. The van der Waals surface area contributed by atoms with Gasteiger partial charge in [0.1, 0.15) is 5.75 Å². The van der Waals surface area contributed by atoms with Crippen LogP contribution in [0.1, 0.15) is 37.7 Å². The van der Waals surface area contributed by atoms with E-state index in [1.165, 1.54) is 0 Å². The fourth-order valence-corrected chi connectivity index (χ4v) is 1.65. The number of unbranched alkanes of at least 4 members (excludes halogenated alkanes) is 3. The van der Waals surface area contributed by atoms with Gasteiger partial charge in [-0.3, -0.25) is 4.79 Å². The van der Waals surface area contributed by atoms with E-state index in [1.807, 2.05) is 24.3 Å². The number of carbonyl (C=O) groups is 1. The fourth-order valence-electron chi connectivity index (χ4n) is 1.65. The smallest absolute Gasteiger partial charge is 0.303 e. The number of carboxylic acid groups (broad SMARTS) is 1. The van der Waals surface area contributed by atoms with E-state index in [9.17, 15) is 4.79 Å². The van der Waals surface area contributed by atoms with E-state index in [0.717, 1.165) is 37.0 Å². The molecule has 0 amide bonds. The molecule has 0 aliphatic rings. The van der Waals surface area contributed by atoms with E-state index in [-0.39, 0.29) is 6.42 Å². The first-order chi connectivity index (χ1) is 8.72. The highest BCUT2D eigenvalue weighted by atomic mass is 16.5. The number of hydrogen-bond donors (Lipinski definition) is 1. The van der Waals surface area contributed by atoms with Gasteiger partial charge in [0.15, 0.2) is 0 Å². The van der Waals surface area contributed by atoms with Crippen molar-refractivity contribution in [2.45, 2.75) is 32.1 Å². The van der Waals surface area contributed by atoms with Crippen molar-refractivity contribution in [3.05, 3.63) is 35.9 Å². The van der Waals surface area contributed by atoms with Gasteiger partial charge in [-0.2, -0.15) is 0 Å². The zero-order chi connectivity index (χ0) is 13.2. The van der Waals surface area contributed by atoms with Crippen LogP contribution >= 0.6 is 0 Å². The Morgan fingerprint density at radius 1 is 1.22 bits per heavy atom. The first-order valence-electron chi connectivity index (χ1n) is 6.25. The van der Waals surface area contributed by atoms with E-state index in [4.69, 9.17) is 9.84 Å². The Labute approximate surface area is 108 Å². The second kappa shape index (κ2) is 8.34. The number of carboxylic acids is 1. The third kappa shape index (κ3) is 6.09. The third-order valence-corrected chi connectivity index (χ3v) is 2.69. The number of hydrogen-bond acceptors (Lipinski definition) is 2. The average molecular weight is 248 g/mol. The maximum absolute atomic E-state index is 10.3. The number of benzene rings is 1. The summed E-state index contributed by atoms with van der Waals surface area (Å²) in [6, 6.07) is 7.90. The largest absolute Gasteiger partial charge is 0.497 e. The summed E-state index contributed by atoms with van der Waals surface area (Å²) in [5, 5.41) is 8.48. The summed E-state index contributed by atoms with van der Waals surface area (Å²) in [6.45, 7) is 0. The van der Waals surface area contributed by atoms with Crippen molar-refractivity contribution >= 4 is 12.0 Å². The van der Waals surface area contributed by atoms with Crippen LogP contribution in [0.2, 0.25) is 0 Å². The zero-order valence-corrected chi connectivity index (χ0v) is 10.8. The molecule has 18 heavy (non-hydrogen) atoms. The minimum absolute atomic E-state index is 0.280. The van der Waals surface area contributed by atoms with Crippen molar-refractivity contribution in [2.75, 3.05) is 7.11 Å². The van der Waals surface area contributed by atoms with E-state index >= 15 is 0 Å². The normalized spacial score (nSPS) is 10.7. The number of ether oxygens (including phenoxy) is 1. The van der Waals surface area contributed by atoms with Gasteiger partial charge >= 0.3 is 5.97 Å². The minimum atomic E-state index is -0.705. The molecule has 0 fully saturated rings. The Morgan fingerprint density at radius 2 is 1.94 bits per heavy atom. The third-order valence-electron chi connectivity index (χ3n) is 2.69.